The first-order valence-electron chi connectivity index (χ1n) is 6.05. The number of sulfonamides is 1. The van der Waals surface area contributed by atoms with E-state index in [1.807, 2.05) is 6.08 Å². The van der Waals surface area contributed by atoms with Crippen LogP contribution in [0, 0.1) is 0 Å². The molecule has 0 spiro atoms. The van der Waals surface area contributed by atoms with Crippen molar-refractivity contribution in [3.8, 4) is 0 Å². The van der Waals surface area contributed by atoms with E-state index in [0.717, 1.165) is 19.3 Å². The Labute approximate surface area is 112 Å². The summed E-state index contributed by atoms with van der Waals surface area (Å²) < 4.78 is 22.5. The Kier molecular flexibility index (Phi) is 4.01. The highest BCUT2D eigenvalue weighted by molar-refractivity contribution is 7.89. The van der Waals surface area contributed by atoms with Gasteiger partial charge in [-0.25, -0.2) is 13.6 Å². The van der Waals surface area contributed by atoms with Gasteiger partial charge in [-0.05, 0) is 37.5 Å². The van der Waals surface area contributed by atoms with Gasteiger partial charge in [0.05, 0.1) is 4.90 Å². The largest absolute Gasteiger partial charge is 0.349 e. The molecule has 0 saturated carbocycles. The summed E-state index contributed by atoms with van der Waals surface area (Å²) in [7, 11) is -3.78. The molecular weight excluding hydrogens is 264 g/mol. The lowest BCUT2D eigenvalue weighted by atomic mass is 10.0. The highest BCUT2D eigenvalue weighted by atomic mass is 32.2. The molecule has 5 nitrogen and oxygen atoms in total. The van der Waals surface area contributed by atoms with E-state index in [2.05, 4.69) is 11.4 Å². The fraction of sp³-hybridized carbons (Fsp3) is 0.308. The fourth-order valence-electron chi connectivity index (χ4n) is 2.01. The van der Waals surface area contributed by atoms with E-state index in [-0.39, 0.29) is 16.8 Å². The van der Waals surface area contributed by atoms with Gasteiger partial charge in [-0.1, -0.05) is 18.2 Å². The van der Waals surface area contributed by atoms with Crippen LogP contribution in [-0.2, 0) is 10.0 Å². The molecule has 19 heavy (non-hydrogen) atoms. The molecule has 0 radical (unpaired) electrons. The van der Waals surface area contributed by atoms with Gasteiger partial charge in [0.2, 0.25) is 10.0 Å². The van der Waals surface area contributed by atoms with E-state index in [9.17, 15) is 13.2 Å². The maximum Gasteiger partial charge on any atom is 0.251 e. The van der Waals surface area contributed by atoms with Crippen LogP contribution in [0.2, 0.25) is 0 Å². The quantitative estimate of drug-likeness (QED) is 0.814. The number of allylic oxidation sites excluding steroid dienone is 1. The lowest BCUT2D eigenvalue weighted by Gasteiger charge is -2.19. The second-order valence-electron chi connectivity index (χ2n) is 4.53. The maximum atomic E-state index is 12.0. The summed E-state index contributed by atoms with van der Waals surface area (Å²) in [5.41, 5.74) is 0.307. The first-order chi connectivity index (χ1) is 8.97. The highest BCUT2D eigenvalue weighted by Gasteiger charge is 2.16. The number of amides is 1. The summed E-state index contributed by atoms with van der Waals surface area (Å²) in [4.78, 5) is 12.0. The first kappa shape index (κ1) is 13.8. The molecule has 1 atom stereocenters. The molecule has 3 N–H and O–H groups in total. The number of carbonyl (C=O) groups excluding carboxylic acids is 1. The normalized spacial score (nSPS) is 19.1. The molecule has 1 aromatic carbocycles. The molecule has 0 heterocycles. The molecule has 1 amide bonds. The van der Waals surface area contributed by atoms with E-state index in [1.54, 1.807) is 6.07 Å². The van der Waals surface area contributed by atoms with Crippen molar-refractivity contribution in [2.24, 2.45) is 5.14 Å². The van der Waals surface area contributed by atoms with Crippen LogP contribution in [0.25, 0.3) is 0 Å². The van der Waals surface area contributed by atoms with Gasteiger partial charge in [0, 0.05) is 11.6 Å². The van der Waals surface area contributed by atoms with Gasteiger partial charge in [-0.2, -0.15) is 0 Å². The molecule has 102 valence electrons. The minimum atomic E-state index is -3.78. The van der Waals surface area contributed by atoms with Crippen LogP contribution in [0.3, 0.4) is 0 Å². The second kappa shape index (κ2) is 5.54. The molecule has 0 aromatic heterocycles. The second-order valence-corrected chi connectivity index (χ2v) is 6.09. The van der Waals surface area contributed by atoms with E-state index < -0.39 is 10.0 Å². The third-order valence-corrected chi connectivity index (χ3v) is 3.94. The third kappa shape index (κ3) is 3.65. The summed E-state index contributed by atoms with van der Waals surface area (Å²) in [6.07, 6.45) is 6.78. The summed E-state index contributed by atoms with van der Waals surface area (Å²) in [6.45, 7) is 0. The zero-order valence-electron chi connectivity index (χ0n) is 10.4. The zero-order chi connectivity index (χ0) is 13.9. The average molecular weight is 280 g/mol. The number of primary sulfonamides is 1. The van der Waals surface area contributed by atoms with Crippen molar-refractivity contribution in [1.29, 1.82) is 0 Å². The minimum absolute atomic E-state index is 0.0521. The van der Waals surface area contributed by atoms with Crippen LogP contribution in [0.5, 0.6) is 0 Å². The number of hydrogen-bond acceptors (Lipinski definition) is 3. The predicted octanol–water partition coefficient (Wildman–Crippen LogP) is 1.17. The summed E-state index contributed by atoms with van der Waals surface area (Å²) in [5, 5.41) is 7.93. The molecule has 1 aliphatic rings. The van der Waals surface area contributed by atoms with Crippen LogP contribution >= 0.6 is 0 Å². The average Bonchev–Trinajstić information content (AvgIpc) is 2.39. The van der Waals surface area contributed by atoms with Gasteiger partial charge in [-0.15, -0.1) is 0 Å². The van der Waals surface area contributed by atoms with Crippen molar-refractivity contribution in [1.82, 2.24) is 5.32 Å². The van der Waals surface area contributed by atoms with Crippen LogP contribution < -0.4 is 10.5 Å². The van der Waals surface area contributed by atoms with Crippen LogP contribution in [-0.4, -0.2) is 20.4 Å². The Balaban J connectivity index is 2.13. The number of nitrogens with two attached hydrogens (primary N) is 1. The van der Waals surface area contributed by atoms with Crippen LogP contribution in [0.1, 0.15) is 29.6 Å². The van der Waals surface area contributed by atoms with E-state index in [0.29, 0.717) is 5.56 Å². The van der Waals surface area contributed by atoms with Gasteiger partial charge in [0.15, 0.2) is 0 Å². The Morgan fingerprint density at radius 3 is 2.74 bits per heavy atom. The van der Waals surface area contributed by atoms with Crippen LogP contribution in [0.15, 0.2) is 41.3 Å². The molecule has 1 unspecified atom stereocenters. The van der Waals surface area contributed by atoms with E-state index >= 15 is 0 Å². The lowest BCUT2D eigenvalue weighted by Crippen LogP contribution is -2.35. The predicted molar refractivity (Wildman–Crippen MR) is 72.1 cm³/mol. The van der Waals surface area contributed by atoms with Gasteiger partial charge in [0.25, 0.3) is 5.91 Å². The number of nitrogens with one attached hydrogen (secondary N) is 1. The fourth-order valence-corrected chi connectivity index (χ4v) is 2.57. The minimum Gasteiger partial charge on any atom is -0.349 e. The Morgan fingerprint density at radius 2 is 2.11 bits per heavy atom. The molecule has 0 saturated heterocycles. The van der Waals surface area contributed by atoms with Crippen molar-refractivity contribution >= 4 is 15.9 Å². The molecular formula is C13H16N2O3S. The molecule has 0 bridgehead atoms. The Morgan fingerprint density at radius 1 is 1.32 bits per heavy atom. The first-order valence-corrected chi connectivity index (χ1v) is 7.60. The summed E-state index contributed by atoms with van der Waals surface area (Å²) >= 11 is 0. The van der Waals surface area contributed by atoms with Gasteiger partial charge < -0.3 is 5.32 Å². The van der Waals surface area contributed by atoms with Crippen molar-refractivity contribution < 1.29 is 13.2 Å². The van der Waals surface area contributed by atoms with Crippen molar-refractivity contribution in [3.63, 3.8) is 0 Å². The zero-order valence-corrected chi connectivity index (χ0v) is 11.2. The van der Waals surface area contributed by atoms with Crippen molar-refractivity contribution in [2.75, 3.05) is 0 Å². The van der Waals surface area contributed by atoms with E-state index in [4.69, 9.17) is 5.14 Å². The molecule has 0 fully saturated rings. The standard InChI is InChI=1S/C13H16N2O3S/c14-19(17,18)12-8-4-5-10(9-12)13(16)15-11-6-2-1-3-7-11/h1-2,4-5,8-9,11H,3,6-7H2,(H,15,16)(H2,14,17,18). The molecule has 1 aliphatic carbocycles. The highest BCUT2D eigenvalue weighted by Crippen LogP contribution is 2.13. The van der Waals surface area contributed by atoms with Gasteiger partial charge in [0.1, 0.15) is 0 Å². The number of carbonyl (C=O) groups is 1. The SMILES string of the molecule is NS(=O)(=O)c1cccc(C(=O)NC2CC=CCC2)c1. The summed E-state index contributed by atoms with van der Waals surface area (Å²) in [6, 6.07) is 5.85. The number of benzene rings is 1. The maximum absolute atomic E-state index is 12.0. The number of hydrogen-bond donors (Lipinski definition) is 2. The summed E-state index contributed by atoms with van der Waals surface area (Å²) in [5.74, 6) is -0.272. The third-order valence-electron chi connectivity index (χ3n) is 3.03. The topological polar surface area (TPSA) is 89.3 Å². The number of rotatable bonds is 3. The monoisotopic (exact) mass is 280 g/mol. The smallest absolute Gasteiger partial charge is 0.251 e. The molecule has 0 aliphatic heterocycles. The Hall–Kier alpha value is -1.66. The van der Waals surface area contributed by atoms with Gasteiger partial charge >= 0.3 is 0 Å². The Bertz CT molecular complexity index is 608. The van der Waals surface area contributed by atoms with E-state index in [1.165, 1.54) is 18.2 Å². The molecule has 6 heteroatoms. The lowest BCUT2D eigenvalue weighted by molar-refractivity contribution is 0.0934. The molecule has 1 aromatic rings. The molecule has 2 rings (SSSR count). The van der Waals surface area contributed by atoms with Crippen molar-refractivity contribution in [3.05, 3.63) is 42.0 Å². The van der Waals surface area contributed by atoms with Gasteiger partial charge in [-0.3, -0.25) is 4.79 Å². The van der Waals surface area contributed by atoms with Crippen molar-refractivity contribution in [2.45, 2.75) is 30.2 Å². The van der Waals surface area contributed by atoms with Crippen LogP contribution in [0.4, 0.5) is 0 Å².